The fourth-order valence-corrected chi connectivity index (χ4v) is 1.23. The standard InChI is InChI=1S/C11H12N2O3/c1-3-8(2)12-10(14)7-13-6-4-5-9(13)11(15)16/h1,4-6,8H,7H2,2H3,(H,12,14)(H,15,16). The molecule has 2 N–H and O–H groups in total. The first-order valence-corrected chi connectivity index (χ1v) is 4.68. The van der Waals surface area contributed by atoms with Crippen molar-refractivity contribution < 1.29 is 14.7 Å². The molecule has 1 rings (SSSR count). The van der Waals surface area contributed by atoms with Crippen LogP contribution < -0.4 is 5.32 Å². The second-order valence-electron chi connectivity index (χ2n) is 3.28. The van der Waals surface area contributed by atoms with Crippen LogP contribution in [0.4, 0.5) is 0 Å². The smallest absolute Gasteiger partial charge is 0.352 e. The van der Waals surface area contributed by atoms with Gasteiger partial charge in [-0.2, -0.15) is 0 Å². The molecule has 1 heterocycles. The van der Waals surface area contributed by atoms with Crippen molar-refractivity contribution in [2.75, 3.05) is 0 Å². The number of terminal acetylenes is 1. The molecule has 0 spiro atoms. The summed E-state index contributed by atoms with van der Waals surface area (Å²) in [5.41, 5.74) is 0.0727. The number of aromatic nitrogens is 1. The van der Waals surface area contributed by atoms with Crippen LogP contribution in [0.5, 0.6) is 0 Å². The number of nitrogens with zero attached hydrogens (tertiary/aromatic N) is 1. The van der Waals surface area contributed by atoms with Crippen molar-refractivity contribution in [3.63, 3.8) is 0 Å². The molecule has 0 aliphatic carbocycles. The van der Waals surface area contributed by atoms with Crippen LogP contribution in [0.15, 0.2) is 18.3 Å². The van der Waals surface area contributed by atoms with Crippen molar-refractivity contribution in [1.29, 1.82) is 0 Å². The predicted octanol–water partition coefficient (Wildman–Crippen LogP) is 0.324. The summed E-state index contributed by atoms with van der Waals surface area (Å²) < 4.78 is 1.35. The lowest BCUT2D eigenvalue weighted by Gasteiger charge is -2.09. The molecule has 1 aromatic rings. The molecule has 0 saturated carbocycles. The van der Waals surface area contributed by atoms with E-state index in [4.69, 9.17) is 11.5 Å². The largest absolute Gasteiger partial charge is 0.477 e. The normalized spacial score (nSPS) is 11.5. The third-order valence-electron chi connectivity index (χ3n) is 1.99. The number of carboxylic acid groups (broad SMARTS) is 1. The van der Waals surface area contributed by atoms with Gasteiger partial charge in [0.05, 0.1) is 6.04 Å². The summed E-state index contributed by atoms with van der Waals surface area (Å²) in [6, 6.07) is 2.64. The van der Waals surface area contributed by atoms with Crippen LogP contribution in [0.2, 0.25) is 0 Å². The molecule has 1 unspecified atom stereocenters. The number of hydrogen-bond acceptors (Lipinski definition) is 2. The summed E-state index contributed by atoms with van der Waals surface area (Å²) in [5.74, 6) is 0.973. The van der Waals surface area contributed by atoms with Gasteiger partial charge < -0.3 is 15.0 Å². The Labute approximate surface area is 93.1 Å². The number of carbonyl (C=O) groups is 2. The highest BCUT2D eigenvalue weighted by molar-refractivity contribution is 5.87. The topological polar surface area (TPSA) is 71.3 Å². The van der Waals surface area contributed by atoms with E-state index in [1.807, 2.05) is 0 Å². The second kappa shape index (κ2) is 5.03. The summed E-state index contributed by atoms with van der Waals surface area (Å²) in [6.45, 7) is 1.62. The Morgan fingerprint density at radius 1 is 1.69 bits per heavy atom. The van der Waals surface area contributed by atoms with E-state index in [1.165, 1.54) is 16.8 Å². The number of nitrogens with one attached hydrogen (secondary N) is 1. The molecular formula is C11H12N2O3. The van der Waals surface area contributed by atoms with Gasteiger partial charge in [-0.25, -0.2) is 4.79 Å². The van der Waals surface area contributed by atoms with Gasteiger partial charge in [-0.05, 0) is 19.1 Å². The SMILES string of the molecule is C#CC(C)NC(=O)Cn1cccc1C(=O)O. The highest BCUT2D eigenvalue weighted by Gasteiger charge is 2.12. The lowest BCUT2D eigenvalue weighted by Crippen LogP contribution is -2.34. The molecule has 1 aromatic heterocycles. The molecule has 0 aromatic carbocycles. The van der Waals surface area contributed by atoms with Gasteiger partial charge in [-0.3, -0.25) is 4.79 Å². The third-order valence-corrected chi connectivity index (χ3v) is 1.99. The molecule has 0 aliphatic rings. The fourth-order valence-electron chi connectivity index (χ4n) is 1.23. The number of amides is 1. The van der Waals surface area contributed by atoms with Crippen molar-refractivity contribution in [3.05, 3.63) is 24.0 Å². The Morgan fingerprint density at radius 2 is 2.38 bits per heavy atom. The number of carbonyl (C=O) groups excluding carboxylic acids is 1. The van der Waals surface area contributed by atoms with Gasteiger partial charge in [0.2, 0.25) is 5.91 Å². The first-order valence-electron chi connectivity index (χ1n) is 4.68. The van der Waals surface area contributed by atoms with Crippen LogP contribution in [0, 0.1) is 12.3 Å². The zero-order valence-electron chi connectivity index (χ0n) is 8.80. The lowest BCUT2D eigenvalue weighted by atomic mass is 10.3. The summed E-state index contributed by atoms with van der Waals surface area (Å²) >= 11 is 0. The van der Waals surface area contributed by atoms with E-state index in [9.17, 15) is 9.59 Å². The molecule has 0 saturated heterocycles. The lowest BCUT2D eigenvalue weighted by molar-refractivity contribution is -0.121. The van der Waals surface area contributed by atoms with E-state index in [0.29, 0.717) is 0 Å². The summed E-state index contributed by atoms with van der Waals surface area (Å²) in [6.07, 6.45) is 6.64. The molecule has 5 nitrogen and oxygen atoms in total. The molecule has 84 valence electrons. The average Bonchev–Trinajstić information content (AvgIpc) is 2.65. The first-order chi connectivity index (χ1) is 7.54. The number of carboxylic acids is 1. The minimum Gasteiger partial charge on any atom is -0.477 e. The van der Waals surface area contributed by atoms with Crippen LogP contribution in [-0.4, -0.2) is 27.6 Å². The maximum atomic E-state index is 11.4. The van der Waals surface area contributed by atoms with Crippen molar-refractivity contribution in [1.82, 2.24) is 9.88 Å². The molecule has 0 fully saturated rings. The Hall–Kier alpha value is -2.22. The zero-order chi connectivity index (χ0) is 12.1. The van der Waals surface area contributed by atoms with Gasteiger partial charge in [0.25, 0.3) is 0 Å². The second-order valence-corrected chi connectivity index (χ2v) is 3.28. The highest BCUT2D eigenvalue weighted by atomic mass is 16.4. The number of aromatic carboxylic acids is 1. The first kappa shape index (κ1) is 11.9. The van der Waals surface area contributed by atoms with E-state index >= 15 is 0 Å². The van der Waals surface area contributed by atoms with Crippen LogP contribution in [0.3, 0.4) is 0 Å². The van der Waals surface area contributed by atoms with Crippen LogP contribution in [-0.2, 0) is 11.3 Å². The van der Waals surface area contributed by atoms with Crippen LogP contribution in [0.1, 0.15) is 17.4 Å². The van der Waals surface area contributed by atoms with E-state index < -0.39 is 5.97 Å². The summed E-state index contributed by atoms with van der Waals surface area (Å²) in [4.78, 5) is 22.2. The van der Waals surface area contributed by atoms with E-state index in [2.05, 4.69) is 11.2 Å². The van der Waals surface area contributed by atoms with Crippen molar-refractivity contribution in [3.8, 4) is 12.3 Å². The Balaban J connectivity index is 2.67. The van der Waals surface area contributed by atoms with E-state index in [-0.39, 0.29) is 24.2 Å². The van der Waals surface area contributed by atoms with Gasteiger partial charge in [0.1, 0.15) is 12.2 Å². The Morgan fingerprint density at radius 3 is 2.94 bits per heavy atom. The molecule has 0 radical (unpaired) electrons. The summed E-state index contributed by atoms with van der Waals surface area (Å²) in [7, 11) is 0. The maximum Gasteiger partial charge on any atom is 0.352 e. The minimum atomic E-state index is -1.07. The van der Waals surface area contributed by atoms with E-state index in [0.717, 1.165) is 0 Å². The average molecular weight is 220 g/mol. The minimum absolute atomic E-state index is 0.0549. The molecule has 0 aliphatic heterocycles. The molecule has 1 amide bonds. The van der Waals surface area contributed by atoms with Gasteiger partial charge >= 0.3 is 5.97 Å². The van der Waals surface area contributed by atoms with Crippen LogP contribution in [0.25, 0.3) is 0 Å². The molecule has 1 atom stereocenters. The van der Waals surface area contributed by atoms with Crippen LogP contribution >= 0.6 is 0 Å². The highest BCUT2D eigenvalue weighted by Crippen LogP contribution is 2.01. The van der Waals surface area contributed by atoms with Crippen molar-refractivity contribution in [2.24, 2.45) is 0 Å². The monoisotopic (exact) mass is 220 g/mol. The Kier molecular flexibility index (Phi) is 3.72. The predicted molar refractivity (Wildman–Crippen MR) is 57.8 cm³/mol. The molecule has 0 bridgehead atoms. The van der Waals surface area contributed by atoms with Gasteiger partial charge in [0, 0.05) is 6.20 Å². The van der Waals surface area contributed by atoms with Gasteiger partial charge in [-0.15, -0.1) is 6.42 Å². The molecule has 5 heteroatoms. The van der Waals surface area contributed by atoms with Crippen molar-refractivity contribution in [2.45, 2.75) is 19.5 Å². The fraction of sp³-hybridized carbons (Fsp3) is 0.273. The van der Waals surface area contributed by atoms with Gasteiger partial charge in [-0.1, -0.05) is 5.92 Å². The molecule has 16 heavy (non-hydrogen) atoms. The van der Waals surface area contributed by atoms with Crippen molar-refractivity contribution >= 4 is 11.9 Å². The zero-order valence-corrected chi connectivity index (χ0v) is 8.80. The molecular weight excluding hydrogens is 208 g/mol. The number of hydrogen-bond donors (Lipinski definition) is 2. The Bertz CT molecular complexity index is 442. The maximum absolute atomic E-state index is 11.4. The third kappa shape index (κ3) is 2.89. The van der Waals surface area contributed by atoms with E-state index in [1.54, 1.807) is 13.0 Å². The van der Waals surface area contributed by atoms with Gasteiger partial charge in [0.15, 0.2) is 0 Å². The summed E-state index contributed by atoms with van der Waals surface area (Å²) in [5, 5.41) is 11.4. The quantitative estimate of drug-likeness (QED) is 0.718. The number of rotatable bonds is 4.